The first-order chi connectivity index (χ1) is 28.7. The number of rotatable bonds is 5. The second-order valence-corrected chi connectivity index (χ2v) is 14.7. The van der Waals surface area contributed by atoms with Gasteiger partial charge >= 0.3 is 0 Å². The molecule has 0 radical (unpaired) electrons. The fraction of sp³-hybridized carbons (Fsp3) is 0. The van der Waals surface area contributed by atoms with Crippen LogP contribution in [-0.4, -0.2) is 15.0 Å². The molecule has 58 heavy (non-hydrogen) atoms. The van der Waals surface area contributed by atoms with Crippen molar-refractivity contribution in [3.63, 3.8) is 0 Å². The molecule has 0 unspecified atom stereocenters. The highest BCUT2D eigenvalue weighted by Crippen LogP contribution is 2.41. The largest absolute Gasteiger partial charge is 0.455 e. The first kappa shape index (κ1) is 32.4. The van der Waals surface area contributed by atoms with E-state index in [1.54, 1.807) is 0 Å². The molecule has 0 spiro atoms. The monoisotopic (exact) mass is 741 g/mol. The van der Waals surface area contributed by atoms with Gasteiger partial charge in [-0.3, -0.25) is 0 Å². The smallest absolute Gasteiger partial charge is 0.167 e. The number of hydrogen-bond donors (Lipinski definition) is 0. The van der Waals surface area contributed by atoms with Crippen molar-refractivity contribution in [1.82, 2.24) is 15.0 Å². The van der Waals surface area contributed by atoms with Gasteiger partial charge in [-0.2, -0.15) is 0 Å². The second-order valence-electron chi connectivity index (χ2n) is 14.7. The van der Waals surface area contributed by atoms with E-state index in [0.29, 0.717) is 17.5 Å². The molecule has 3 aromatic heterocycles. The summed E-state index contributed by atoms with van der Waals surface area (Å²) in [5.41, 5.74) is 9.91. The van der Waals surface area contributed by atoms with Gasteiger partial charge in [0.2, 0.25) is 0 Å². The van der Waals surface area contributed by atoms with Crippen LogP contribution in [0, 0.1) is 0 Å². The molecule has 12 rings (SSSR count). The molecule has 0 bridgehead atoms. The quantitative estimate of drug-likeness (QED) is 0.164. The summed E-state index contributed by atoms with van der Waals surface area (Å²) < 4.78 is 13.4. The van der Waals surface area contributed by atoms with Crippen LogP contribution in [0.1, 0.15) is 0 Å². The third-order valence-corrected chi connectivity index (χ3v) is 11.3. The fourth-order valence-electron chi connectivity index (χ4n) is 8.64. The maximum Gasteiger partial charge on any atom is 0.167 e. The van der Waals surface area contributed by atoms with Crippen LogP contribution in [0.2, 0.25) is 0 Å². The molecule has 0 saturated carbocycles. The van der Waals surface area contributed by atoms with E-state index in [-0.39, 0.29) is 0 Å². The van der Waals surface area contributed by atoms with Gasteiger partial charge in [-0.1, -0.05) is 164 Å². The minimum atomic E-state index is 0.514. The van der Waals surface area contributed by atoms with Gasteiger partial charge < -0.3 is 8.83 Å². The Bertz CT molecular complexity index is 3580. The van der Waals surface area contributed by atoms with E-state index in [0.717, 1.165) is 82.8 Å². The molecule has 0 aliphatic heterocycles. The fourth-order valence-corrected chi connectivity index (χ4v) is 8.64. The maximum absolute atomic E-state index is 6.86. The highest BCUT2D eigenvalue weighted by atomic mass is 16.3. The maximum atomic E-state index is 6.86. The molecule has 0 atom stereocenters. The average molecular weight is 742 g/mol. The van der Waals surface area contributed by atoms with Crippen LogP contribution in [0.5, 0.6) is 0 Å². The molecule has 9 aromatic carbocycles. The molecule has 0 N–H and O–H groups in total. The summed E-state index contributed by atoms with van der Waals surface area (Å²) >= 11 is 0. The van der Waals surface area contributed by atoms with Crippen LogP contribution >= 0.6 is 0 Å². The van der Waals surface area contributed by atoms with Crippen molar-refractivity contribution in [2.24, 2.45) is 0 Å². The summed E-state index contributed by atoms with van der Waals surface area (Å²) in [7, 11) is 0. The second kappa shape index (κ2) is 12.8. The third-order valence-electron chi connectivity index (χ3n) is 11.3. The number of aromatic nitrogens is 3. The van der Waals surface area contributed by atoms with Crippen LogP contribution in [0.25, 0.3) is 122 Å². The summed E-state index contributed by atoms with van der Waals surface area (Å²) in [6.07, 6.45) is 0. The lowest BCUT2D eigenvalue weighted by molar-refractivity contribution is 0.669. The molecular formula is C53H31N3O2. The van der Waals surface area contributed by atoms with Gasteiger partial charge in [0.05, 0.1) is 11.1 Å². The standard InChI is InChI=1S/C53H31N3O2/c1-2-13-32(14-3-1)39-22-10-24-42-43-25-12-27-45(50(43)58-48(39)42)53-55-51(54-52(56-53)44-26-11-23-41-40-20-6-7-28-46(40)57-49(41)44)36-18-8-17-35(31-36)38-21-9-16-34-30-29-33-15-4-5-19-37(33)47(34)38/h1-31H. The predicted octanol–water partition coefficient (Wildman–Crippen LogP) is 14.3. The molecule has 0 aliphatic carbocycles. The van der Waals surface area contributed by atoms with Crippen molar-refractivity contribution in [2.45, 2.75) is 0 Å². The van der Waals surface area contributed by atoms with E-state index >= 15 is 0 Å². The molecule has 270 valence electrons. The number of para-hydroxylation sites is 4. The molecule has 0 aliphatic rings. The van der Waals surface area contributed by atoms with Crippen molar-refractivity contribution in [3.8, 4) is 56.4 Å². The number of fused-ring (bicyclic) bond motifs is 9. The highest BCUT2D eigenvalue weighted by molar-refractivity contribution is 6.15. The van der Waals surface area contributed by atoms with Crippen LogP contribution < -0.4 is 0 Å². The molecular weight excluding hydrogens is 711 g/mol. The summed E-state index contributed by atoms with van der Waals surface area (Å²) in [6, 6.07) is 65.1. The van der Waals surface area contributed by atoms with E-state index in [1.165, 1.54) is 21.5 Å². The lowest BCUT2D eigenvalue weighted by Gasteiger charge is -2.12. The van der Waals surface area contributed by atoms with Crippen LogP contribution in [0.3, 0.4) is 0 Å². The van der Waals surface area contributed by atoms with Crippen molar-refractivity contribution in [3.05, 3.63) is 188 Å². The Balaban J connectivity index is 1.10. The zero-order valence-electron chi connectivity index (χ0n) is 31.1. The van der Waals surface area contributed by atoms with Crippen LogP contribution in [0.4, 0.5) is 0 Å². The average Bonchev–Trinajstić information content (AvgIpc) is 3.88. The van der Waals surface area contributed by atoms with Crippen molar-refractivity contribution in [1.29, 1.82) is 0 Å². The lowest BCUT2D eigenvalue weighted by Crippen LogP contribution is -2.00. The third kappa shape index (κ3) is 5.07. The zero-order valence-corrected chi connectivity index (χ0v) is 31.1. The van der Waals surface area contributed by atoms with Gasteiger partial charge in [-0.05, 0) is 62.5 Å². The molecule has 0 amide bonds. The topological polar surface area (TPSA) is 65.0 Å². The summed E-state index contributed by atoms with van der Waals surface area (Å²) in [6.45, 7) is 0. The van der Waals surface area contributed by atoms with Gasteiger partial charge in [0.1, 0.15) is 22.3 Å². The molecule has 12 aromatic rings. The van der Waals surface area contributed by atoms with Gasteiger partial charge in [0.25, 0.3) is 0 Å². The normalized spacial score (nSPS) is 11.8. The van der Waals surface area contributed by atoms with Gasteiger partial charge in [-0.15, -0.1) is 0 Å². The number of hydrogen-bond acceptors (Lipinski definition) is 5. The van der Waals surface area contributed by atoms with E-state index in [9.17, 15) is 0 Å². The molecule has 5 nitrogen and oxygen atoms in total. The van der Waals surface area contributed by atoms with Crippen LogP contribution in [0.15, 0.2) is 197 Å². The SMILES string of the molecule is c1ccc(-c2cccc3c2oc2c(-c4nc(-c5cccc(-c6cccc7ccc8ccccc8c67)c5)nc(-c5cccc6c5oc5ccccc56)n4)cccc23)cc1. The Morgan fingerprint density at radius 3 is 1.59 bits per heavy atom. The number of furan rings is 2. The van der Waals surface area contributed by atoms with Crippen molar-refractivity contribution in [2.75, 3.05) is 0 Å². The van der Waals surface area contributed by atoms with E-state index in [4.69, 9.17) is 23.8 Å². The summed E-state index contributed by atoms with van der Waals surface area (Å²) in [5.74, 6) is 1.59. The van der Waals surface area contributed by atoms with E-state index in [1.807, 2.05) is 42.5 Å². The number of benzene rings is 9. The Hall–Kier alpha value is -7.89. The van der Waals surface area contributed by atoms with Crippen LogP contribution in [-0.2, 0) is 0 Å². The minimum absolute atomic E-state index is 0.514. The molecule has 0 fully saturated rings. The highest BCUT2D eigenvalue weighted by Gasteiger charge is 2.22. The van der Waals surface area contributed by atoms with Gasteiger partial charge in [0.15, 0.2) is 17.5 Å². The minimum Gasteiger partial charge on any atom is -0.455 e. The Kier molecular flexibility index (Phi) is 7.16. The number of nitrogens with zero attached hydrogens (tertiary/aromatic N) is 3. The van der Waals surface area contributed by atoms with Gasteiger partial charge in [0, 0.05) is 32.7 Å². The summed E-state index contributed by atoms with van der Waals surface area (Å²) in [4.78, 5) is 15.7. The Labute approximate surface area is 332 Å². The first-order valence-electron chi connectivity index (χ1n) is 19.4. The van der Waals surface area contributed by atoms with E-state index in [2.05, 4.69) is 146 Å². The molecule has 5 heteroatoms. The van der Waals surface area contributed by atoms with Crippen molar-refractivity contribution >= 4 is 65.4 Å². The zero-order chi connectivity index (χ0) is 38.2. The lowest BCUT2D eigenvalue weighted by atomic mass is 9.93. The Morgan fingerprint density at radius 2 is 0.793 bits per heavy atom. The van der Waals surface area contributed by atoms with Gasteiger partial charge in [-0.25, -0.2) is 15.0 Å². The van der Waals surface area contributed by atoms with Crippen molar-refractivity contribution < 1.29 is 8.83 Å². The Morgan fingerprint density at radius 1 is 0.293 bits per heavy atom. The van der Waals surface area contributed by atoms with E-state index < -0.39 is 0 Å². The summed E-state index contributed by atoms with van der Waals surface area (Å²) in [5, 5.41) is 8.94. The molecule has 3 heterocycles. The first-order valence-corrected chi connectivity index (χ1v) is 19.4. The predicted molar refractivity (Wildman–Crippen MR) is 237 cm³/mol. The molecule has 0 saturated heterocycles.